The molecular formula is C18H31N5O5. The minimum Gasteiger partial charge on any atom is -0.444 e. The van der Waals surface area contributed by atoms with Crippen LogP contribution in [0.25, 0.3) is 0 Å². The second-order valence-corrected chi connectivity index (χ2v) is 8.69. The molecular weight excluding hydrogens is 366 g/mol. The highest BCUT2D eigenvalue weighted by atomic mass is 16.6. The molecule has 0 bridgehead atoms. The molecule has 1 amide bonds. The Morgan fingerprint density at radius 2 is 2.00 bits per heavy atom. The third kappa shape index (κ3) is 4.45. The predicted octanol–water partition coefficient (Wildman–Crippen LogP) is 1.60. The second kappa shape index (κ2) is 7.94. The molecule has 2 saturated heterocycles. The molecule has 2 fully saturated rings. The van der Waals surface area contributed by atoms with Gasteiger partial charge in [0.1, 0.15) is 5.60 Å². The standard InChI is InChI=1S/C18H31N5O5/c1-6-13(22-8-11(2)23(26)16(22)24)15-20-19-14(27-15)7-12-9-21(10-12)17(25)28-18(3,4)5/h11-13,16,24,26H,6-10H2,1-5H3. The first-order valence-corrected chi connectivity index (χ1v) is 9.80. The molecule has 0 aliphatic carbocycles. The number of hydrogen-bond acceptors (Lipinski definition) is 9. The van der Waals surface area contributed by atoms with E-state index in [0.29, 0.717) is 44.3 Å². The summed E-state index contributed by atoms with van der Waals surface area (Å²) in [6, 6.07) is -0.448. The monoisotopic (exact) mass is 397 g/mol. The van der Waals surface area contributed by atoms with E-state index in [1.807, 2.05) is 34.6 Å². The lowest BCUT2D eigenvalue weighted by Gasteiger charge is -2.39. The van der Waals surface area contributed by atoms with Crippen molar-refractivity contribution in [3.63, 3.8) is 0 Å². The van der Waals surface area contributed by atoms with Gasteiger partial charge in [-0.05, 0) is 34.1 Å². The van der Waals surface area contributed by atoms with Crippen molar-refractivity contribution in [2.75, 3.05) is 19.6 Å². The molecule has 3 heterocycles. The Hall–Kier alpha value is -1.75. The molecule has 10 heteroatoms. The molecule has 1 aromatic rings. The van der Waals surface area contributed by atoms with Gasteiger partial charge in [0.25, 0.3) is 0 Å². The summed E-state index contributed by atoms with van der Waals surface area (Å²) in [5.74, 6) is 1.21. The number of nitrogens with zero attached hydrogens (tertiary/aromatic N) is 5. The number of hydroxylamine groups is 2. The average Bonchev–Trinajstić information content (AvgIpc) is 3.11. The Balaban J connectivity index is 1.54. The maximum atomic E-state index is 12.0. The lowest BCUT2D eigenvalue weighted by atomic mass is 9.97. The van der Waals surface area contributed by atoms with Crippen LogP contribution in [-0.2, 0) is 11.2 Å². The molecule has 158 valence electrons. The van der Waals surface area contributed by atoms with E-state index in [0.717, 1.165) is 5.06 Å². The van der Waals surface area contributed by atoms with Gasteiger partial charge in [-0.15, -0.1) is 15.3 Å². The average molecular weight is 397 g/mol. The molecule has 2 N–H and O–H groups in total. The minimum atomic E-state index is -1.09. The van der Waals surface area contributed by atoms with E-state index in [4.69, 9.17) is 9.15 Å². The van der Waals surface area contributed by atoms with Gasteiger partial charge in [-0.3, -0.25) is 4.90 Å². The first-order chi connectivity index (χ1) is 13.1. The second-order valence-electron chi connectivity index (χ2n) is 8.69. The van der Waals surface area contributed by atoms with Gasteiger partial charge < -0.3 is 24.4 Å². The molecule has 2 aliphatic heterocycles. The maximum absolute atomic E-state index is 12.0. The molecule has 0 aromatic carbocycles. The Kier molecular flexibility index (Phi) is 5.95. The molecule has 3 atom stereocenters. The first kappa shape index (κ1) is 21.0. The molecule has 0 spiro atoms. The summed E-state index contributed by atoms with van der Waals surface area (Å²) in [5.41, 5.74) is -0.499. The van der Waals surface area contributed by atoms with Crippen molar-refractivity contribution in [1.29, 1.82) is 0 Å². The highest BCUT2D eigenvalue weighted by Crippen LogP contribution is 2.31. The topological polar surface area (TPSA) is 115 Å². The molecule has 28 heavy (non-hydrogen) atoms. The summed E-state index contributed by atoms with van der Waals surface area (Å²) in [7, 11) is 0. The van der Waals surface area contributed by atoms with Crippen LogP contribution in [0.2, 0.25) is 0 Å². The fraction of sp³-hybridized carbons (Fsp3) is 0.833. The van der Waals surface area contributed by atoms with E-state index in [-0.39, 0.29) is 24.1 Å². The Morgan fingerprint density at radius 1 is 1.32 bits per heavy atom. The van der Waals surface area contributed by atoms with Crippen LogP contribution in [0.5, 0.6) is 0 Å². The van der Waals surface area contributed by atoms with Gasteiger partial charge in [-0.1, -0.05) is 6.92 Å². The van der Waals surface area contributed by atoms with Gasteiger partial charge in [-0.2, -0.15) is 0 Å². The van der Waals surface area contributed by atoms with Crippen LogP contribution in [0, 0.1) is 5.92 Å². The zero-order chi connectivity index (χ0) is 20.6. The Bertz CT molecular complexity index is 684. The van der Waals surface area contributed by atoms with Gasteiger partial charge in [0.05, 0.1) is 6.04 Å². The number of carbonyl (C=O) groups excluding carboxylic acids is 1. The largest absolute Gasteiger partial charge is 0.444 e. The highest BCUT2D eigenvalue weighted by molar-refractivity contribution is 5.69. The number of aliphatic hydroxyl groups is 1. The number of amides is 1. The third-order valence-electron chi connectivity index (χ3n) is 5.09. The normalized spacial score (nSPS) is 25.8. The molecule has 3 unspecified atom stereocenters. The van der Waals surface area contributed by atoms with Crippen LogP contribution < -0.4 is 0 Å². The molecule has 0 saturated carbocycles. The number of carbonyl (C=O) groups is 1. The Labute approximate surface area is 165 Å². The fourth-order valence-electron chi connectivity index (χ4n) is 3.61. The molecule has 0 radical (unpaired) electrons. The van der Waals surface area contributed by atoms with E-state index < -0.39 is 12.0 Å². The summed E-state index contributed by atoms with van der Waals surface area (Å²) < 4.78 is 11.2. The number of rotatable bonds is 5. The van der Waals surface area contributed by atoms with Crippen LogP contribution in [0.3, 0.4) is 0 Å². The first-order valence-electron chi connectivity index (χ1n) is 9.80. The Morgan fingerprint density at radius 3 is 2.54 bits per heavy atom. The molecule has 10 nitrogen and oxygen atoms in total. The fourth-order valence-corrected chi connectivity index (χ4v) is 3.61. The maximum Gasteiger partial charge on any atom is 0.410 e. The number of aliphatic hydroxyl groups excluding tert-OH is 1. The zero-order valence-electron chi connectivity index (χ0n) is 17.2. The van der Waals surface area contributed by atoms with Crippen LogP contribution >= 0.6 is 0 Å². The van der Waals surface area contributed by atoms with Crippen molar-refractivity contribution in [2.45, 2.75) is 71.5 Å². The summed E-state index contributed by atoms with van der Waals surface area (Å²) in [6.45, 7) is 11.1. The lowest BCUT2D eigenvalue weighted by molar-refractivity contribution is -0.227. The van der Waals surface area contributed by atoms with Crippen LogP contribution in [-0.4, -0.2) is 79.1 Å². The van der Waals surface area contributed by atoms with Crippen molar-refractivity contribution in [1.82, 2.24) is 25.1 Å². The van der Waals surface area contributed by atoms with Crippen molar-refractivity contribution in [3.05, 3.63) is 11.8 Å². The van der Waals surface area contributed by atoms with Gasteiger partial charge in [-0.25, -0.2) is 4.79 Å². The van der Waals surface area contributed by atoms with Crippen LogP contribution in [0.4, 0.5) is 4.79 Å². The van der Waals surface area contributed by atoms with Gasteiger partial charge in [0.2, 0.25) is 11.8 Å². The van der Waals surface area contributed by atoms with Gasteiger partial charge in [0.15, 0.2) is 6.35 Å². The van der Waals surface area contributed by atoms with E-state index in [1.54, 1.807) is 9.80 Å². The van der Waals surface area contributed by atoms with E-state index in [1.165, 1.54) is 0 Å². The summed E-state index contributed by atoms with van der Waals surface area (Å²) >= 11 is 0. The SMILES string of the molecule is CCC(c1nnc(CC2CN(C(=O)OC(C)(C)C)C2)o1)N1CC(C)N(O)C1O. The van der Waals surface area contributed by atoms with Crippen LogP contribution in [0.1, 0.15) is 58.9 Å². The van der Waals surface area contributed by atoms with Crippen molar-refractivity contribution in [2.24, 2.45) is 5.92 Å². The quantitative estimate of drug-likeness (QED) is 0.764. The summed E-state index contributed by atoms with van der Waals surface area (Å²) in [5, 5.41) is 29.3. The minimum absolute atomic E-state index is 0.180. The predicted molar refractivity (Wildman–Crippen MR) is 98.1 cm³/mol. The molecule has 1 aromatic heterocycles. The summed E-state index contributed by atoms with van der Waals surface area (Å²) in [6.07, 6.45) is -0.140. The number of hydrogen-bond donors (Lipinski definition) is 2. The lowest BCUT2D eigenvalue weighted by Crippen LogP contribution is -2.52. The van der Waals surface area contributed by atoms with Crippen molar-refractivity contribution < 1.29 is 24.3 Å². The van der Waals surface area contributed by atoms with Crippen LogP contribution in [0.15, 0.2) is 4.42 Å². The van der Waals surface area contributed by atoms with E-state index >= 15 is 0 Å². The van der Waals surface area contributed by atoms with E-state index in [2.05, 4.69) is 10.2 Å². The van der Waals surface area contributed by atoms with Crippen molar-refractivity contribution in [3.8, 4) is 0 Å². The third-order valence-corrected chi connectivity index (χ3v) is 5.09. The summed E-state index contributed by atoms with van der Waals surface area (Å²) in [4.78, 5) is 15.4. The van der Waals surface area contributed by atoms with Crippen molar-refractivity contribution >= 4 is 6.09 Å². The molecule has 2 aliphatic rings. The molecule has 3 rings (SSSR count). The smallest absolute Gasteiger partial charge is 0.410 e. The number of likely N-dealkylation sites (tertiary alicyclic amines) is 1. The highest BCUT2D eigenvalue weighted by Gasteiger charge is 2.41. The zero-order valence-corrected chi connectivity index (χ0v) is 17.2. The van der Waals surface area contributed by atoms with Gasteiger partial charge >= 0.3 is 6.09 Å². The van der Waals surface area contributed by atoms with E-state index in [9.17, 15) is 15.1 Å². The number of ether oxygens (including phenoxy) is 1. The number of aromatic nitrogens is 2. The van der Waals surface area contributed by atoms with Gasteiger partial charge in [0, 0.05) is 38.0 Å².